The van der Waals surface area contributed by atoms with E-state index in [-0.39, 0.29) is 0 Å². The fourth-order valence-corrected chi connectivity index (χ4v) is 3.38. The van der Waals surface area contributed by atoms with E-state index in [1.54, 1.807) is 0 Å². The summed E-state index contributed by atoms with van der Waals surface area (Å²) in [6.45, 7) is 7.59. The molecule has 0 bridgehead atoms. The normalized spacial score (nSPS) is 22.6. The lowest BCUT2D eigenvalue weighted by Gasteiger charge is -2.24. The molecule has 0 saturated heterocycles. The summed E-state index contributed by atoms with van der Waals surface area (Å²) in [4.78, 5) is 7.14. The molecule has 0 spiro atoms. The van der Waals surface area contributed by atoms with E-state index in [1.807, 2.05) is 0 Å². The first-order valence-corrected chi connectivity index (χ1v) is 8.05. The van der Waals surface area contributed by atoms with Crippen LogP contribution in [-0.2, 0) is 6.54 Å². The molecule has 1 aliphatic rings. The van der Waals surface area contributed by atoms with Crippen LogP contribution in [0, 0.1) is 12.8 Å². The third-order valence-electron chi connectivity index (χ3n) is 4.62. The van der Waals surface area contributed by atoms with E-state index in [0.29, 0.717) is 0 Å². The Morgan fingerprint density at radius 1 is 1.35 bits per heavy atom. The Kier molecular flexibility index (Phi) is 5.99. The first kappa shape index (κ1) is 15.5. The third-order valence-corrected chi connectivity index (χ3v) is 4.62. The maximum absolute atomic E-state index is 4.62. The van der Waals surface area contributed by atoms with E-state index >= 15 is 0 Å². The molecular weight excluding hydrogens is 246 g/mol. The highest BCUT2D eigenvalue weighted by molar-refractivity contribution is 5.09. The van der Waals surface area contributed by atoms with Gasteiger partial charge in [-0.25, -0.2) is 0 Å². The Morgan fingerprint density at radius 2 is 2.20 bits per heavy atom. The zero-order chi connectivity index (χ0) is 14.4. The Morgan fingerprint density at radius 3 is 2.90 bits per heavy atom. The maximum atomic E-state index is 4.62. The molecule has 1 heterocycles. The molecule has 1 aromatic heterocycles. The first-order chi connectivity index (χ1) is 9.72. The lowest BCUT2D eigenvalue weighted by molar-refractivity contribution is 0.243. The van der Waals surface area contributed by atoms with Crippen LogP contribution in [0.25, 0.3) is 0 Å². The highest BCUT2D eigenvalue weighted by atomic mass is 15.1. The number of nitrogens with one attached hydrogen (secondary N) is 1. The van der Waals surface area contributed by atoms with Crippen LogP contribution in [0.4, 0.5) is 0 Å². The fourth-order valence-electron chi connectivity index (χ4n) is 3.38. The highest BCUT2D eigenvalue weighted by Crippen LogP contribution is 2.28. The summed E-state index contributed by atoms with van der Waals surface area (Å²) >= 11 is 0. The lowest BCUT2D eigenvalue weighted by atomic mass is 9.99. The fraction of sp³-hybridized carbons (Fsp3) is 0.706. The zero-order valence-electron chi connectivity index (χ0n) is 13.2. The molecule has 1 fully saturated rings. The molecule has 3 nitrogen and oxygen atoms in total. The number of rotatable bonds is 7. The van der Waals surface area contributed by atoms with Gasteiger partial charge in [-0.05, 0) is 64.4 Å². The molecule has 1 saturated carbocycles. The molecule has 1 aliphatic carbocycles. The van der Waals surface area contributed by atoms with Gasteiger partial charge in [0.05, 0.1) is 5.69 Å². The number of pyridine rings is 1. The summed E-state index contributed by atoms with van der Waals surface area (Å²) in [5.74, 6) is 0.861. The Labute approximate surface area is 123 Å². The quantitative estimate of drug-likeness (QED) is 0.829. The second-order valence-electron chi connectivity index (χ2n) is 6.01. The van der Waals surface area contributed by atoms with Crippen LogP contribution < -0.4 is 5.32 Å². The standard InChI is InChI=1S/C17H29N3/c1-4-20(13-16-9-5-7-14(2)19-16)12-11-15-8-6-10-17(15)18-3/h5,7,9,15,17-18H,4,6,8,10-13H2,1-3H3. The van der Waals surface area contributed by atoms with Crippen LogP contribution in [0.2, 0.25) is 0 Å². The van der Waals surface area contributed by atoms with Crippen molar-refractivity contribution in [3.63, 3.8) is 0 Å². The molecule has 2 unspecified atom stereocenters. The number of aromatic nitrogens is 1. The molecule has 1 N–H and O–H groups in total. The van der Waals surface area contributed by atoms with Gasteiger partial charge in [0.25, 0.3) is 0 Å². The van der Waals surface area contributed by atoms with Crippen molar-refractivity contribution < 1.29 is 0 Å². The monoisotopic (exact) mass is 275 g/mol. The molecule has 0 aliphatic heterocycles. The van der Waals surface area contributed by atoms with Crippen LogP contribution in [0.3, 0.4) is 0 Å². The molecule has 3 heteroatoms. The topological polar surface area (TPSA) is 28.2 Å². The minimum absolute atomic E-state index is 0.741. The van der Waals surface area contributed by atoms with Crippen molar-refractivity contribution in [1.82, 2.24) is 15.2 Å². The molecule has 2 rings (SSSR count). The van der Waals surface area contributed by atoms with Gasteiger partial charge in [-0.2, -0.15) is 0 Å². The van der Waals surface area contributed by atoms with Crippen molar-refractivity contribution in [2.75, 3.05) is 20.1 Å². The molecular formula is C17H29N3. The molecule has 0 aromatic carbocycles. The summed E-state index contributed by atoms with van der Waals surface area (Å²) in [6, 6.07) is 7.06. The number of aryl methyl sites for hydroxylation is 1. The van der Waals surface area contributed by atoms with Crippen molar-refractivity contribution in [1.29, 1.82) is 0 Å². The summed E-state index contributed by atoms with van der Waals surface area (Å²) in [7, 11) is 2.11. The zero-order valence-corrected chi connectivity index (χ0v) is 13.2. The van der Waals surface area contributed by atoms with E-state index in [2.05, 4.69) is 54.3 Å². The van der Waals surface area contributed by atoms with Gasteiger partial charge in [0.2, 0.25) is 0 Å². The van der Waals surface area contributed by atoms with Gasteiger partial charge in [-0.15, -0.1) is 0 Å². The summed E-state index contributed by atoms with van der Waals surface area (Å²) in [5, 5.41) is 3.48. The molecule has 20 heavy (non-hydrogen) atoms. The molecule has 1 aromatic rings. The maximum Gasteiger partial charge on any atom is 0.0547 e. The van der Waals surface area contributed by atoms with E-state index in [0.717, 1.165) is 30.7 Å². The third kappa shape index (κ3) is 4.29. The van der Waals surface area contributed by atoms with Gasteiger partial charge in [-0.3, -0.25) is 9.88 Å². The van der Waals surface area contributed by atoms with Crippen molar-refractivity contribution in [2.24, 2.45) is 5.92 Å². The number of nitrogens with zero attached hydrogens (tertiary/aromatic N) is 2. The van der Waals surface area contributed by atoms with Crippen molar-refractivity contribution >= 4 is 0 Å². The minimum atomic E-state index is 0.741. The molecule has 2 atom stereocenters. The summed E-state index contributed by atoms with van der Waals surface area (Å²) in [5.41, 5.74) is 2.31. The highest BCUT2D eigenvalue weighted by Gasteiger charge is 2.25. The van der Waals surface area contributed by atoms with Crippen molar-refractivity contribution in [3.8, 4) is 0 Å². The SMILES string of the molecule is CCN(CCC1CCCC1NC)Cc1cccc(C)n1. The van der Waals surface area contributed by atoms with Crippen molar-refractivity contribution in [3.05, 3.63) is 29.6 Å². The van der Waals surface area contributed by atoms with E-state index < -0.39 is 0 Å². The van der Waals surface area contributed by atoms with Gasteiger partial charge in [0.1, 0.15) is 0 Å². The summed E-state index contributed by atoms with van der Waals surface area (Å²) in [6.07, 6.45) is 5.45. The van der Waals surface area contributed by atoms with Crippen LogP contribution in [0.15, 0.2) is 18.2 Å². The predicted molar refractivity (Wildman–Crippen MR) is 84.7 cm³/mol. The van der Waals surface area contributed by atoms with Crippen LogP contribution in [-0.4, -0.2) is 36.1 Å². The minimum Gasteiger partial charge on any atom is -0.317 e. The van der Waals surface area contributed by atoms with Crippen LogP contribution >= 0.6 is 0 Å². The second-order valence-corrected chi connectivity index (χ2v) is 6.01. The van der Waals surface area contributed by atoms with E-state index in [1.165, 1.54) is 37.9 Å². The average molecular weight is 275 g/mol. The number of hydrogen-bond acceptors (Lipinski definition) is 3. The largest absolute Gasteiger partial charge is 0.317 e. The summed E-state index contributed by atoms with van der Waals surface area (Å²) < 4.78 is 0. The Balaban J connectivity index is 1.83. The van der Waals surface area contributed by atoms with Crippen LogP contribution in [0.5, 0.6) is 0 Å². The van der Waals surface area contributed by atoms with E-state index in [4.69, 9.17) is 0 Å². The first-order valence-electron chi connectivity index (χ1n) is 8.05. The predicted octanol–water partition coefficient (Wildman–Crippen LogP) is 2.99. The van der Waals surface area contributed by atoms with Gasteiger partial charge in [0, 0.05) is 18.3 Å². The van der Waals surface area contributed by atoms with Gasteiger partial charge >= 0.3 is 0 Å². The second kappa shape index (κ2) is 7.75. The van der Waals surface area contributed by atoms with Gasteiger partial charge < -0.3 is 5.32 Å². The Hall–Kier alpha value is -0.930. The number of hydrogen-bond donors (Lipinski definition) is 1. The van der Waals surface area contributed by atoms with Crippen molar-refractivity contribution in [2.45, 2.75) is 52.1 Å². The molecule has 0 radical (unpaired) electrons. The molecule has 112 valence electrons. The van der Waals surface area contributed by atoms with Gasteiger partial charge in [-0.1, -0.05) is 19.4 Å². The Bertz CT molecular complexity index is 405. The van der Waals surface area contributed by atoms with Gasteiger partial charge in [0.15, 0.2) is 0 Å². The smallest absolute Gasteiger partial charge is 0.0547 e. The lowest BCUT2D eigenvalue weighted by Crippen LogP contribution is -2.32. The molecule has 0 amide bonds. The van der Waals surface area contributed by atoms with Crippen LogP contribution in [0.1, 0.15) is 44.0 Å². The van der Waals surface area contributed by atoms with E-state index in [9.17, 15) is 0 Å². The average Bonchev–Trinajstić information content (AvgIpc) is 2.91.